The molecule has 0 saturated carbocycles. The Morgan fingerprint density at radius 3 is 1.58 bits per heavy atom. The lowest BCUT2D eigenvalue weighted by Gasteiger charge is -2.41. The van der Waals surface area contributed by atoms with E-state index in [0.29, 0.717) is 0 Å². The lowest BCUT2D eigenvalue weighted by Crippen LogP contribution is -2.63. The van der Waals surface area contributed by atoms with Gasteiger partial charge in [-0.05, 0) is 16.7 Å². The highest BCUT2D eigenvalue weighted by Crippen LogP contribution is 2.45. The summed E-state index contributed by atoms with van der Waals surface area (Å²) >= 11 is 0. The highest BCUT2D eigenvalue weighted by atomic mass is 16.7. The van der Waals surface area contributed by atoms with Crippen LogP contribution in [0.4, 0.5) is 0 Å². The van der Waals surface area contributed by atoms with Gasteiger partial charge in [-0.1, -0.05) is 91.0 Å². The third-order valence-corrected chi connectivity index (χ3v) is 6.17. The zero-order valence-corrected chi connectivity index (χ0v) is 17.2. The number of ether oxygens (including phenoxy) is 1. The second-order valence-corrected chi connectivity index (χ2v) is 8.34. The Morgan fingerprint density at radius 2 is 1.10 bits per heavy atom. The van der Waals surface area contributed by atoms with Gasteiger partial charge < -0.3 is 25.2 Å². The van der Waals surface area contributed by atoms with Gasteiger partial charge in [0, 0.05) is 19.3 Å². The maximum atomic E-state index is 11.9. The molecule has 4 rings (SSSR count). The summed E-state index contributed by atoms with van der Waals surface area (Å²) in [6.45, 7) is 0. The molecular formula is C26H28O5. The molecule has 2 unspecified atom stereocenters. The van der Waals surface area contributed by atoms with Gasteiger partial charge in [0.1, 0.15) is 11.7 Å². The van der Waals surface area contributed by atoms with E-state index < -0.39 is 29.7 Å². The normalized spacial score (nSPS) is 29.0. The largest absolute Gasteiger partial charge is 0.390 e. The van der Waals surface area contributed by atoms with Gasteiger partial charge in [0.2, 0.25) is 0 Å². The summed E-state index contributed by atoms with van der Waals surface area (Å²) < 4.78 is 5.68. The van der Waals surface area contributed by atoms with Crippen LogP contribution in [0.15, 0.2) is 91.0 Å². The Labute approximate surface area is 182 Å². The van der Waals surface area contributed by atoms with E-state index in [1.54, 1.807) is 0 Å². The molecule has 162 valence electrons. The lowest BCUT2D eigenvalue weighted by molar-refractivity contribution is -0.192. The van der Waals surface area contributed by atoms with Crippen molar-refractivity contribution in [2.45, 2.75) is 49.0 Å². The molecular weight excluding hydrogens is 392 g/mol. The summed E-state index contributed by atoms with van der Waals surface area (Å²) in [5.41, 5.74) is -1.54. The third-order valence-electron chi connectivity index (χ3n) is 6.17. The molecule has 1 saturated heterocycles. The van der Waals surface area contributed by atoms with Gasteiger partial charge in [0.15, 0.2) is 11.9 Å². The maximum absolute atomic E-state index is 11.9. The van der Waals surface area contributed by atoms with Crippen molar-refractivity contribution in [2.24, 2.45) is 0 Å². The van der Waals surface area contributed by atoms with Crippen LogP contribution in [0, 0.1) is 0 Å². The van der Waals surface area contributed by atoms with Crippen LogP contribution >= 0.6 is 0 Å². The van der Waals surface area contributed by atoms with Crippen molar-refractivity contribution in [3.63, 3.8) is 0 Å². The first-order valence-electron chi connectivity index (χ1n) is 10.5. The predicted molar refractivity (Wildman–Crippen MR) is 117 cm³/mol. The molecule has 31 heavy (non-hydrogen) atoms. The van der Waals surface area contributed by atoms with Crippen molar-refractivity contribution >= 4 is 0 Å². The monoisotopic (exact) mass is 420 g/mol. The standard InChI is InChI=1S/C26H28O5/c27-22(16-19-10-4-1-5-11-19)23-25(29,17-20-12-6-2-7-13-20)26(30,24(28)31-23)18-21-14-8-3-9-15-21/h1-15,22-24,27-30H,16-18H2/t22?,23-,24?,25-,26+/m1/s1. The lowest BCUT2D eigenvalue weighted by atomic mass is 9.71. The van der Waals surface area contributed by atoms with Crippen LogP contribution in [-0.4, -0.2) is 50.1 Å². The van der Waals surface area contributed by atoms with Crippen LogP contribution in [0.5, 0.6) is 0 Å². The smallest absolute Gasteiger partial charge is 0.187 e. The molecule has 0 aliphatic carbocycles. The van der Waals surface area contributed by atoms with Gasteiger partial charge >= 0.3 is 0 Å². The molecule has 0 spiro atoms. The molecule has 3 aromatic carbocycles. The van der Waals surface area contributed by atoms with E-state index in [-0.39, 0.29) is 19.3 Å². The van der Waals surface area contributed by atoms with E-state index in [4.69, 9.17) is 4.74 Å². The van der Waals surface area contributed by atoms with E-state index in [1.165, 1.54) is 0 Å². The predicted octanol–water partition coefficient (Wildman–Crippen LogP) is 2.25. The fraction of sp³-hybridized carbons (Fsp3) is 0.308. The summed E-state index contributed by atoms with van der Waals surface area (Å²) in [5.74, 6) is 0. The van der Waals surface area contributed by atoms with Crippen molar-refractivity contribution in [1.82, 2.24) is 0 Å². The first-order chi connectivity index (χ1) is 14.9. The summed E-state index contributed by atoms with van der Waals surface area (Å²) in [6, 6.07) is 27.8. The second kappa shape index (κ2) is 8.91. The van der Waals surface area contributed by atoms with Crippen LogP contribution in [0.1, 0.15) is 16.7 Å². The summed E-state index contributed by atoms with van der Waals surface area (Å²) in [6.07, 6.45) is -3.75. The molecule has 0 amide bonds. The molecule has 0 aromatic heterocycles. The minimum Gasteiger partial charge on any atom is -0.390 e. The van der Waals surface area contributed by atoms with Gasteiger partial charge in [0.05, 0.1) is 6.10 Å². The van der Waals surface area contributed by atoms with Crippen molar-refractivity contribution in [2.75, 3.05) is 0 Å². The average Bonchev–Trinajstić information content (AvgIpc) is 2.96. The van der Waals surface area contributed by atoms with Gasteiger partial charge in [-0.2, -0.15) is 0 Å². The molecule has 5 heteroatoms. The number of aliphatic hydroxyl groups excluding tert-OH is 2. The van der Waals surface area contributed by atoms with Gasteiger partial charge in [0.25, 0.3) is 0 Å². The van der Waals surface area contributed by atoms with Gasteiger partial charge in [-0.3, -0.25) is 0 Å². The van der Waals surface area contributed by atoms with E-state index in [0.717, 1.165) is 16.7 Å². The highest BCUT2D eigenvalue weighted by molar-refractivity contribution is 5.28. The molecule has 1 aliphatic heterocycles. The van der Waals surface area contributed by atoms with E-state index in [2.05, 4.69) is 0 Å². The topological polar surface area (TPSA) is 90.2 Å². The molecule has 4 N–H and O–H groups in total. The Kier molecular flexibility index (Phi) is 6.23. The van der Waals surface area contributed by atoms with Crippen LogP contribution in [0.25, 0.3) is 0 Å². The number of aliphatic hydroxyl groups is 4. The zero-order valence-electron chi connectivity index (χ0n) is 17.2. The van der Waals surface area contributed by atoms with Gasteiger partial charge in [-0.25, -0.2) is 0 Å². The van der Waals surface area contributed by atoms with Gasteiger partial charge in [-0.15, -0.1) is 0 Å². The Balaban J connectivity index is 1.69. The minimum atomic E-state index is -2.01. The Bertz CT molecular complexity index is 965. The first-order valence-corrected chi connectivity index (χ1v) is 10.5. The molecule has 0 radical (unpaired) electrons. The highest BCUT2D eigenvalue weighted by Gasteiger charge is 2.66. The van der Waals surface area contributed by atoms with Crippen molar-refractivity contribution in [3.05, 3.63) is 108 Å². The molecule has 1 fully saturated rings. The third kappa shape index (κ3) is 4.28. The first kappa shape index (κ1) is 21.7. The molecule has 0 bridgehead atoms. The molecule has 1 heterocycles. The SMILES string of the molecule is OC(Cc1ccccc1)[C@H]1OC(O)[C@@](O)(Cc2ccccc2)[C@@]1(O)Cc1ccccc1. The number of hydrogen-bond acceptors (Lipinski definition) is 5. The quantitative estimate of drug-likeness (QED) is 0.471. The maximum Gasteiger partial charge on any atom is 0.187 e. The average molecular weight is 421 g/mol. The van der Waals surface area contributed by atoms with Crippen LogP contribution in [0.2, 0.25) is 0 Å². The molecule has 5 nitrogen and oxygen atoms in total. The number of benzene rings is 3. The van der Waals surface area contributed by atoms with E-state index >= 15 is 0 Å². The zero-order chi connectivity index (χ0) is 21.9. The summed E-state index contributed by atoms with van der Waals surface area (Å²) in [7, 11) is 0. The van der Waals surface area contributed by atoms with Crippen LogP contribution in [-0.2, 0) is 24.0 Å². The summed E-state index contributed by atoms with van der Waals surface area (Å²) in [4.78, 5) is 0. The van der Waals surface area contributed by atoms with Crippen molar-refractivity contribution in [1.29, 1.82) is 0 Å². The van der Waals surface area contributed by atoms with E-state index in [1.807, 2.05) is 91.0 Å². The molecule has 5 atom stereocenters. The molecule has 3 aromatic rings. The summed E-state index contributed by atoms with van der Waals surface area (Å²) in [5, 5.41) is 45.3. The number of rotatable bonds is 7. The van der Waals surface area contributed by atoms with Crippen LogP contribution < -0.4 is 0 Å². The van der Waals surface area contributed by atoms with Crippen LogP contribution in [0.3, 0.4) is 0 Å². The Hall–Kier alpha value is -2.54. The fourth-order valence-corrected chi connectivity index (χ4v) is 4.50. The number of hydrogen-bond donors (Lipinski definition) is 4. The second-order valence-electron chi connectivity index (χ2n) is 8.34. The molecule has 1 aliphatic rings. The van der Waals surface area contributed by atoms with Crippen molar-refractivity contribution < 1.29 is 25.2 Å². The Morgan fingerprint density at radius 1 is 0.677 bits per heavy atom. The van der Waals surface area contributed by atoms with E-state index in [9.17, 15) is 20.4 Å². The fourth-order valence-electron chi connectivity index (χ4n) is 4.50. The minimum absolute atomic E-state index is 0.0186. The van der Waals surface area contributed by atoms with Crippen molar-refractivity contribution in [3.8, 4) is 0 Å².